The van der Waals surface area contributed by atoms with Gasteiger partial charge in [0.1, 0.15) is 0 Å². The molecule has 0 aliphatic rings. The maximum absolute atomic E-state index is 6.04. The molecule has 0 amide bonds. The summed E-state index contributed by atoms with van der Waals surface area (Å²) in [5.74, 6) is 1.21. The van der Waals surface area contributed by atoms with Crippen LogP contribution in [0.4, 0.5) is 0 Å². The van der Waals surface area contributed by atoms with Gasteiger partial charge in [0.15, 0.2) is 5.82 Å². The first-order valence-electron chi connectivity index (χ1n) is 5.25. The molecule has 0 saturated carbocycles. The summed E-state index contributed by atoms with van der Waals surface area (Å²) in [6, 6.07) is 2.05. The van der Waals surface area contributed by atoms with Crippen LogP contribution in [0.3, 0.4) is 0 Å². The molecule has 0 bridgehead atoms. The molecular formula is C11H15N3OS. The van der Waals surface area contributed by atoms with E-state index < -0.39 is 5.54 Å². The highest BCUT2D eigenvalue weighted by Gasteiger charge is 2.25. The molecule has 2 heterocycles. The maximum atomic E-state index is 6.04. The number of nitrogens with two attached hydrogens (primary N) is 1. The highest BCUT2D eigenvalue weighted by Crippen LogP contribution is 2.19. The average Bonchev–Trinajstić information content (AvgIpc) is 2.89. The SMILES string of the molecule is CCC(C)(N)c1noc(Cc2ccsc2)n1. The highest BCUT2D eigenvalue weighted by atomic mass is 32.1. The van der Waals surface area contributed by atoms with Crippen LogP contribution in [0.25, 0.3) is 0 Å². The van der Waals surface area contributed by atoms with Gasteiger partial charge in [-0.25, -0.2) is 0 Å². The van der Waals surface area contributed by atoms with Crippen molar-refractivity contribution in [3.05, 3.63) is 34.1 Å². The third-order valence-corrected chi connectivity index (χ3v) is 3.38. The van der Waals surface area contributed by atoms with Gasteiger partial charge in [0, 0.05) is 0 Å². The minimum absolute atomic E-state index is 0.504. The lowest BCUT2D eigenvalue weighted by Crippen LogP contribution is -2.33. The lowest BCUT2D eigenvalue weighted by molar-refractivity contribution is 0.356. The van der Waals surface area contributed by atoms with E-state index in [1.807, 2.05) is 19.2 Å². The fourth-order valence-corrected chi connectivity index (χ4v) is 1.95. The molecule has 0 saturated heterocycles. The molecule has 0 spiro atoms. The Bertz CT molecular complexity index is 448. The first-order chi connectivity index (χ1) is 7.62. The molecule has 2 rings (SSSR count). The van der Waals surface area contributed by atoms with Gasteiger partial charge in [-0.05, 0) is 35.7 Å². The molecular weight excluding hydrogens is 222 g/mol. The van der Waals surface area contributed by atoms with Gasteiger partial charge in [-0.2, -0.15) is 16.3 Å². The van der Waals surface area contributed by atoms with E-state index in [0.717, 1.165) is 6.42 Å². The van der Waals surface area contributed by atoms with Crippen molar-refractivity contribution in [2.24, 2.45) is 5.73 Å². The van der Waals surface area contributed by atoms with Gasteiger partial charge in [0.25, 0.3) is 0 Å². The van der Waals surface area contributed by atoms with Crippen molar-refractivity contribution in [3.63, 3.8) is 0 Å². The van der Waals surface area contributed by atoms with Gasteiger partial charge in [-0.3, -0.25) is 0 Å². The second kappa shape index (κ2) is 4.35. The zero-order valence-corrected chi connectivity index (χ0v) is 10.3. The molecule has 2 aromatic rings. The fourth-order valence-electron chi connectivity index (χ4n) is 1.28. The predicted octanol–water partition coefficient (Wildman–Crippen LogP) is 2.31. The zero-order chi connectivity index (χ0) is 11.6. The molecule has 2 aromatic heterocycles. The van der Waals surface area contributed by atoms with Crippen LogP contribution >= 0.6 is 11.3 Å². The Kier molecular flexibility index (Phi) is 3.07. The highest BCUT2D eigenvalue weighted by molar-refractivity contribution is 7.07. The van der Waals surface area contributed by atoms with Gasteiger partial charge < -0.3 is 10.3 Å². The monoisotopic (exact) mass is 237 g/mol. The molecule has 86 valence electrons. The van der Waals surface area contributed by atoms with Crippen LogP contribution < -0.4 is 5.73 Å². The van der Waals surface area contributed by atoms with Crippen molar-refractivity contribution >= 4 is 11.3 Å². The molecule has 16 heavy (non-hydrogen) atoms. The first-order valence-corrected chi connectivity index (χ1v) is 6.19. The molecule has 0 aliphatic carbocycles. The van der Waals surface area contributed by atoms with Crippen molar-refractivity contribution in [1.29, 1.82) is 0 Å². The first kappa shape index (κ1) is 11.3. The molecule has 0 aromatic carbocycles. The molecule has 0 fully saturated rings. The summed E-state index contributed by atoms with van der Waals surface area (Å²) < 4.78 is 5.19. The van der Waals surface area contributed by atoms with E-state index in [1.165, 1.54) is 5.56 Å². The van der Waals surface area contributed by atoms with E-state index in [9.17, 15) is 0 Å². The minimum atomic E-state index is -0.504. The normalized spacial score (nSPS) is 14.9. The standard InChI is InChI=1S/C11H15N3OS/c1-3-11(2,12)10-13-9(15-14-10)6-8-4-5-16-7-8/h4-5,7H,3,6,12H2,1-2H3. The Morgan fingerprint density at radius 3 is 3.00 bits per heavy atom. The fraction of sp³-hybridized carbons (Fsp3) is 0.455. The number of hydrogen-bond acceptors (Lipinski definition) is 5. The molecule has 0 aliphatic heterocycles. The number of thiophene rings is 1. The summed E-state index contributed by atoms with van der Waals surface area (Å²) in [4.78, 5) is 4.33. The Labute approximate surface area is 98.5 Å². The van der Waals surface area contributed by atoms with Crippen LogP contribution in [0.5, 0.6) is 0 Å². The van der Waals surface area contributed by atoms with Gasteiger partial charge in [0.05, 0.1) is 12.0 Å². The van der Waals surface area contributed by atoms with E-state index in [1.54, 1.807) is 11.3 Å². The van der Waals surface area contributed by atoms with Crippen LogP contribution in [-0.2, 0) is 12.0 Å². The van der Waals surface area contributed by atoms with E-state index >= 15 is 0 Å². The van der Waals surface area contributed by atoms with Crippen molar-refractivity contribution in [2.45, 2.75) is 32.2 Å². The van der Waals surface area contributed by atoms with E-state index in [2.05, 4.69) is 21.6 Å². The topological polar surface area (TPSA) is 64.9 Å². The van der Waals surface area contributed by atoms with Crippen molar-refractivity contribution in [1.82, 2.24) is 10.1 Å². The predicted molar refractivity (Wildman–Crippen MR) is 63.3 cm³/mol. The van der Waals surface area contributed by atoms with Gasteiger partial charge in [-0.15, -0.1) is 0 Å². The Balaban J connectivity index is 2.14. The number of hydrogen-bond donors (Lipinski definition) is 1. The molecule has 5 heteroatoms. The Morgan fingerprint density at radius 1 is 1.56 bits per heavy atom. The number of aromatic nitrogens is 2. The quantitative estimate of drug-likeness (QED) is 0.886. The van der Waals surface area contributed by atoms with Crippen LogP contribution in [0.2, 0.25) is 0 Å². The third-order valence-electron chi connectivity index (χ3n) is 2.65. The lowest BCUT2D eigenvalue weighted by Gasteiger charge is -2.16. The van der Waals surface area contributed by atoms with Crippen molar-refractivity contribution in [2.75, 3.05) is 0 Å². The number of nitrogens with zero attached hydrogens (tertiary/aromatic N) is 2. The molecule has 4 nitrogen and oxygen atoms in total. The van der Waals surface area contributed by atoms with Crippen molar-refractivity contribution < 1.29 is 4.52 Å². The molecule has 0 radical (unpaired) electrons. The van der Waals surface area contributed by atoms with E-state index in [4.69, 9.17) is 10.3 Å². The maximum Gasteiger partial charge on any atom is 0.231 e. The van der Waals surface area contributed by atoms with E-state index in [0.29, 0.717) is 18.1 Å². The summed E-state index contributed by atoms with van der Waals surface area (Å²) in [6.45, 7) is 3.92. The Morgan fingerprint density at radius 2 is 2.38 bits per heavy atom. The second-order valence-electron chi connectivity index (χ2n) is 4.09. The van der Waals surface area contributed by atoms with Gasteiger partial charge in [-0.1, -0.05) is 12.1 Å². The third kappa shape index (κ3) is 2.31. The zero-order valence-electron chi connectivity index (χ0n) is 9.43. The van der Waals surface area contributed by atoms with Crippen LogP contribution in [0, 0.1) is 0 Å². The van der Waals surface area contributed by atoms with E-state index in [-0.39, 0.29) is 0 Å². The summed E-state index contributed by atoms with van der Waals surface area (Å²) in [7, 11) is 0. The molecule has 1 atom stereocenters. The average molecular weight is 237 g/mol. The van der Waals surface area contributed by atoms with Crippen LogP contribution in [-0.4, -0.2) is 10.1 Å². The number of rotatable bonds is 4. The second-order valence-corrected chi connectivity index (χ2v) is 4.87. The molecule has 1 unspecified atom stereocenters. The largest absolute Gasteiger partial charge is 0.339 e. The van der Waals surface area contributed by atoms with Crippen LogP contribution in [0.1, 0.15) is 37.5 Å². The smallest absolute Gasteiger partial charge is 0.231 e. The lowest BCUT2D eigenvalue weighted by atomic mass is 10.0. The van der Waals surface area contributed by atoms with Gasteiger partial charge in [0.2, 0.25) is 5.89 Å². The summed E-state index contributed by atoms with van der Waals surface area (Å²) >= 11 is 1.66. The van der Waals surface area contributed by atoms with Crippen molar-refractivity contribution in [3.8, 4) is 0 Å². The molecule has 2 N–H and O–H groups in total. The Hall–Kier alpha value is -1.20. The van der Waals surface area contributed by atoms with Gasteiger partial charge >= 0.3 is 0 Å². The van der Waals surface area contributed by atoms with Crippen LogP contribution in [0.15, 0.2) is 21.3 Å². The summed E-state index contributed by atoms with van der Waals surface area (Å²) in [5.41, 5.74) is 6.73. The summed E-state index contributed by atoms with van der Waals surface area (Å²) in [6.07, 6.45) is 1.46. The summed E-state index contributed by atoms with van der Waals surface area (Å²) in [5, 5.41) is 8.04. The minimum Gasteiger partial charge on any atom is -0.339 e.